The number of aliphatic hydroxyl groups is 1. The number of aliphatic hydroxyl groups excluding tert-OH is 1. The molecule has 0 aromatic carbocycles. The van der Waals surface area contributed by atoms with Crippen molar-refractivity contribution < 1.29 is 5.11 Å². The smallest absolute Gasteiger partial charge is 0.198 e. The third kappa shape index (κ3) is 1.66. The highest BCUT2D eigenvalue weighted by Crippen LogP contribution is 2.61. The molecule has 0 spiro atoms. The lowest BCUT2D eigenvalue weighted by atomic mass is 10.1. The van der Waals surface area contributed by atoms with E-state index in [0.29, 0.717) is 16.0 Å². The molecule has 1 aromatic rings. The number of fused-ring (bicyclic) bond motifs is 1. The van der Waals surface area contributed by atoms with Gasteiger partial charge in [-0.05, 0) is 29.5 Å². The van der Waals surface area contributed by atoms with Crippen molar-refractivity contribution in [1.29, 1.82) is 0 Å². The zero-order chi connectivity index (χ0) is 13.1. The highest BCUT2D eigenvalue weighted by atomic mass is 32.1. The van der Waals surface area contributed by atoms with Crippen LogP contribution in [0, 0.1) is 22.0 Å². The second-order valence-electron chi connectivity index (χ2n) is 6.13. The van der Waals surface area contributed by atoms with Crippen LogP contribution in [0.4, 0.5) is 0 Å². The van der Waals surface area contributed by atoms with Gasteiger partial charge in [0.2, 0.25) is 0 Å². The molecule has 1 saturated carbocycles. The van der Waals surface area contributed by atoms with Crippen LogP contribution in [-0.2, 0) is 20.3 Å². The summed E-state index contributed by atoms with van der Waals surface area (Å²) in [6.45, 7) is 7.68. The minimum Gasteiger partial charge on any atom is -0.388 e. The van der Waals surface area contributed by atoms with E-state index in [1.165, 1.54) is 0 Å². The average Bonchev–Trinajstić information content (AvgIpc) is 2.73. The van der Waals surface area contributed by atoms with Crippen LogP contribution in [0.15, 0.2) is 0 Å². The fraction of sp³-hybridized carbons (Fsp3) is 0.833. The van der Waals surface area contributed by atoms with Crippen molar-refractivity contribution in [1.82, 2.24) is 19.2 Å². The Morgan fingerprint density at radius 2 is 2.00 bits per heavy atom. The molecular weight excluding hydrogens is 248 g/mol. The van der Waals surface area contributed by atoms with Gasteiger partial charge in [0, 0.05) is 20.1 Å². The maximum absolute atomic E-state index is 9.18. The molecule has 0 amide bonds. The predicted molar refractivity (Wildman–Crippen MR) is 70.3 cm³/mol. The quantitative estimate of drug-likeness (QED) is 0.831. The molecule has 5 nitrogen and oxygen atoms in total. The summed E-state index contributed by atoms with van der Waals surface area (Å²) < 4.78 is 4.27. The summed E-state index contributed by atoms with van der Waals surface area (Å²) in [5, 5.41) is 13.5. The molecule has 0 bridgehead atoms. The first kappa shape index (κ1) is 12.3. The molecule has 2 heterocycles. The normalized spacial score (nSPS) is 29.6. The van der Waals surface area contributed by atoms with Crippen molar-refractivity contribution >= 4 is 12.2 Å². The Morgan fingerprint density at radius 1 is 1.39 bits per heavy atom. The van der Waals surface area contributed by atoms with Crippen LogP contribution in [-0.4, -0.2) is 37.4 Å². The van der Waals surface area contributed by atoms with Crippen molar-refractivity contribution in [3.63, 3.8) is 0 Å². The van der Waals surface area contributed by atoms with Gasteiger partial charge in [0.1, 0.15) is 6.61 Å². The first-order valence-corrected chi connectivity index (χ1v) is 6.82. The predicted octanol–water partition coefficient (Wildman–Crippen LogP) is 0.989. The molecule has 2 fully saturated rings. The summed E-state index contributed by atoms with van der Waals surface area (Å²) in [6, 6.07) is 0. The van der Waals surface area contributed by atoms with Crippen molar-refractivity contribution in [3.05, 3.63) is 10.6 Å². The van der Waals surface area contributed by atoms with Crippen LogP contribution in [0.5, 0.6) is 0 Å². The maximum Gasteiger partial charge on any atom is 0.198 e. The summed E-state index contributed by atoms with van der Waals surface area (Å²) in [6.07, 6.45) is 0. The van der Waals surface area contributed by atoms with Gasteiger partial charge in [-0.2, -0.15) is 5.10 Å². The van der Waals surface area contributed by atoms with E-state index in [1.54, 1.807) is 4.57 Å². The van der Waals surface area contributed by atoms with Crippen molar-refractivity contribution in [2.75, 3.05) is 13.1 Å². The zero-order valence-electron chi connectivity index (χ0n) is 11.1. The van der Waals surface area contributed by atoms with Crippen LogP contribution >= 0.6 is 12.2 Å². The van der Waals surface area contributed by atoms with E-state index in [9.17, 15) is 5.11 Å². The molecule has 2 unspecified atom stereocenters. The van der Waals surface area contributed by atoms with Crippen LogP contribution in [0.3, 0.4) is 0 Å². The number of piperidine rings is 1. The summed E-state index contributed by atoms with van der Waals surface area (Å²) in [5.41, 5.74) is 0.540. The third-order valence-electron chi connectivity index (χ3n) is 4.80. The lowest BCUT2D eigenvalue weighted by Gasteiger charge is -2.21. The minimum atomic E-state index is -0.0641. The highest BCUT2D eigenvalue weighted by Gasteiger charge is 2.61. The summed E-state index contributed by atoms with van der Waals surface area (Å²) >= 11 is 5.33. The second kappa shape index (κ2) is 3.88. The van der Waals surface area contributed by atoms with E-state index < -0.39 is 0 Å². The molecular formula is C12H20N4OS. The molecule has 18 heavy (non-hydrogen) atoms. The van der Waals surface area contributed by atoms with E-state index in [-0.39, 0.29) is 6.61 Å². The van der Waals surface area contributed by atoms with Crippen LogP contribution in [0.25, 0.3) is 0 Å². The van der Waals surface area contributed by atoms with Crippen molar-refractivity contribution in [2.24, 2.45) is 24.3 Å². The Kier molecular flexibility index (Phi) is 2.66. The first-order chi connectivity index (χ1) is 8.45. The van der Waals surface area contributed by atoms with Gasteiger partial charge in [-0.25, -0.2) is 4.68 Å². The van der Waals surface area contributed by atoms with Gasteiger partial charge in [-0.1, -0.05) is 13.8 Å². The summed E-state index contributed by atoms with van der Waals surface area (Å²) in [7, 11) is 1.85. The average molecular weight is 268 g/mol. The number of likely N-dealkylation sites (tertiary alicyclic amines) is 1. The monoisotopic (exact) mass is 268 g/mol. The summed E-state index contributed by atoms with van der Waals surface area (Å²) in [4.78, 5) is 2.41. The van der Waals surface area contributed by atoms with Gasteiger partial charge in [-0.3, -0.25) is 4.90 Å². The van der Waals surface area contributed by atoms with Gasteiger partial charge in [0.15, 0.2) is 10.6 Å². The molecule has 2 atom stereocenters. The molecule has 1 saturated heterocycles. The van der Waals surface area contributed by atoms with Gasteiger partial charge in [0.05, 0.1) is 6.67 Å². The Bertz CT molecular complexity index is 519. The Balaban J connectivity index is 1.70. The van der Waals surface area contributed by atoms with E-state index in [4.69, 9.17) is 12.2 Å². The topological polar surface area (TPSA) is 46.2 Å². The Hall–Kier alpha value is -0.720. The SMILES string of the molecule is Cn1c(CO)nn(CN2CC3C(C2)C3(C)C)c1=S. The van der Waals surface area contributed by atoms with E-state index >= 15 is 0 Å². The molecule has 2 aliphatic rings. The fourth-order valence-electron chi connectivity index (χ4n) is 3.28. The fourth-order valence-corrected chi connectivity index (χ4v) is 3.48. The molecule has 1 N–H and O–H groups in total. The lowest BCUT2D eigenvalue weighted by Crippen LogP contribution is -2.29. The number of hydrogen-bond donors (Lipinski definition) is 1. The number of nitrogens with zero attached hydrogens (tertiary/aromatic N) is 4. The first-order valence-electron chi connectivity index (χ1n) is 6.41. The minimum absolute atomic E-state index is 0.0641. The van der Waals surface area contributed by atoms with Crippen LogP contribution in [0.1, 0.15) is 19.7 Å². The lowest BCUT2D eigenvalue weighted by molar-refractivity contribution is 0.198. The highest BCUT2D eigenvalue weighted by molar-refractivity contribution is 7.71. The van der Waals surface area contributed by atoms with E-state index in [1.807, 2.05) is 11.7 Å². The number of hydrogen-bond acceptors (Lipinski definition) is 4. The molecule has 1 aliphatic heterocycles. The van der Waals surface area contributed by atoms with Gasteiger partial charge in [-0.15, -0.1) is 0 Å². The number of aromatic nitrogens is 3. The van der Waals surface area contributed by atoms with Gasteiger partial charge < -0.3 is 9.67 Å². The molecule has 1 aromatic heterocycles. The van der Waals surface area contributed by atoms with Crippen LogP contribution in [0.2, 0.25) is 0 Å². The van der Waals surface area contributed by atoms with Gasteiger partial charge >= 0.3 is 0 Å². The van der Waals surface area contributed by atoms with E-state index in [2.05, 4.69) is 23.8 Å². The Morgan fingerprint density at radius 3 is 2.50 bits per heavy atom. The van der Waals surface area contributed by atoms with E-state index in [0.717, 1.165) is 31.6 Å². The maximum atomic E-state index is 9.18. The second-order valence-corrected chi connectivity index (χ2v) is 6.49. The standard InChI is InChI=1S/C12H20N4OS/c1-12(2)8-4-15(5-9(8)12)7-16-11(18)14(3)10(6-17)13-16/h8-9,17H,4-7H2,1-3H3. The molecule has 6 heteroatoms. The summed E-state index contributed by atoms with van der Waals surface area (Å²) in [5.74, 6) is 2.31. The van der Waals surface area contributed by atoms with Crippen molar-refractivity contribution in [2.45, 2.75) is 27.1 Å². The molecule has 0 radical (unpaired) electrons. The molecule has 100 valence electrons. The van der Waals surface area contributed by atoms with Gasteiger partial charge in [0.25, 0.3) is 0 Å². The van der Waals surface area contributed by atoms with Crippen molar-refractivity contribution in [3.8, 4) is 0 Å². The Labute approximate surface area is 112 Å². The number of rotatable bonds is 3. The largest absolute Gasteiger partial charge is 0.388 e. The molecule has 1 aliphatic carbocycles. The third-order valence-corrected chi connectivity index (χ3v) is 5.29. The van der Waals surface area contributed by atoms with Crippen LogP contribution < -0.4 is 0 Å². The molecule has 3 rings (SSSR count). The zero-order valence-corrected chi connectivity index (χ0v) is 11.9.